The molecule has 0 aromatic heterocycles. The van der Waals surface area contributed by atoms with Crippen LogP contribution in [-0.2, 0) is 0 Å². The smallest absolute Gasteiger partial charge is 0.273 e. The Morgan fingerprint density at radius 1 is 1.82 bits per heavy atom. The van der Waals surface area contributed by atoms with Gasteiger partial charge < -0.3 is 0 Å². The summed E-state index contributed by atoms with van der Waals surface area (Å²) < 4.78 is 0. The van der Waals surface area contributed by atoms with Crippen LogP contribution in [0.5, 0.6) is 0 Å². The van der Waals surface area contributed by atoms with Gasteiger partial charge in [0.15, 0.2) is 5.03 Å². The van der Waals surface area contributed by atoms with E-state index in [1.54, 1.807) is 5.59 Å². The predicted molar refractivity (Wildman–Crippen MR) is 34.1 cm³/mol. The van der Waals surface area contributed by atoms with Crippen LogP contribution in [0.1, 0.15) is 0 Å². The minimum Gasteiger partial charge on any atom is -0.297 e. The molecule has 1 heterocycles. The van der Waals surface area contributed by atoms with Crippen LogP contribution in [0.25, 0.3) is 0 Å². The molecule has 0 fully saturated rings. The van der Waals surface area contributed by atoms with Gasteiger partial charge in [-0.2, -0.15) is 0 Å². The number of rotatable bonds is 2. The highest BCUT2D eigenvalue weighted by Crippen LogP contribution is 1.93. The van der Waals surface area contributed by atoms with E-state index >= 15 is 0 Å². The van der Waals surface area contributed by atoms with E-state index in [1.165, 1.54) is 0 Å². The van der Waals surface area contributed by atoms with Crippen LogP contribution in [-0.4, -0.2) is 34.3 Å². The first-order chi connectivity index (χ1) is 5.24. The zero-order valence-electron chi connectivity index (χ0n) is 5.52. The number of hydrazine groups is 2. The number of nitro groups is 1. The molecule has 8 nitrogen and oxygen atoms in total. The topological polar surface area (TPSA) is 103 Å². The van der Waals surface area contributed by atoms with Gasteiger partial charge in [-0.05, 0) is 0 Å². The van der Waals surface area contributed by atoms with Crippen LogP contribution in [0.15, 0.2) is 4.99 Å². The zero-order chi connectivity index (χ0) is 8.27. The molecule has 1 aliphatic rings. The third-order valence-electron chi connectivity index (χ3n) is 1.15. The SMILES string of the molecule is O=[N+]([O-])NC1=NCCN1NO. The fraction of sp³-hybridized carbons (Fsp3) is 0.667. The van der Waals surface area contributed by atoms with Gasteiger partial charge in [0, 0.05) is 0 Å². The average molecular weight is 161 g/mol. The molecule has 0 aromatic carbocycles. The Morgan fingerprint density at radius 3 is 3.09 bits per heavy atom. The Hall–Kier alpha value is -1.41. The molecule has 0 aliphatic carbocycles. The Balaban J connectivity index is 2.49. The quantitative estimate of drug-likeness (QED) is 0.330. The van der Waals surface area contributed by atoms with E-state index in [2.05, 4.69) is 4.99 Å². The molecule has 0 radical (unpaired) electrons. The lowest BCUT2D eigenvalue weighted by Gasteiger charge is -2.13. The van der Waals surface area contributed by atoms with Crippen molar-refractivity contribution >= 4 is 5.96 Å². The lowest BCUT2D eigenvalue weighted by Crippen LogP contribution is -2.47. The molecule has 8 heteroatoms. The monoisotopic (exact) mass is 161 g/mol. The minimum atomic E-state index is -0.742. The highest BCUT2D eigenvalue weighted by Gasteiger charge is 2.19. The largest absolute Gasteiger partial charge is 0.297 e. The molecule has 11 heavy (non-hydrogen) atoms. The van der Waals surface area contributed by atoms with Gasteiger partial charge in [-0.25, -0.2) is 20.1 Å². The first-order valence-electron chi connectivity index (χ1n) is 2.87. The van der Waals surface area contributed by atoms with Crippen LogP contribution in [0.4, 0.5) is 0 Å². The Labute approximate surface area is 61.6 Å². The van der Waals surface area contributed by atoms with Gasteiger partial charge in [0.1, 0.15) is 0 Å². The number of hydrogen-bond donors (Lipinski definition) is 3. The van der Waals surface area contributed by atoms with Crippen molar-refractivity contribution in [2.75, 3.05) is 13.1 Å². The van der Waals surface area contributed by atoms with Crippen molar-refractivity contribution in [2.45, 2.75) is 0 Å². The summed E-state index contributed by atoms with van der Waals surface area (Å²) in [6, 6.07) is 0. The number of nitrogens with zero attached hydrogens (tertiary/aromatic N) is 3. The van der Waals surface area contributed by atoms with Gasteiger partial charge in [0.25, 0.3) is 5.96 Å². The zero-order valence-corrected chi connectivity index (χ0v) is 5.52. The van der Waals surface area contributed by atoms with Gasteiger partial charge in [-0.15, -0.1) is 5.59 Å². The van der Waals surface area contributed by atoms with Crippen LogP contribution in [0.3, 0.4) is 0 Å². The summed E-state index contributed by atoms with van der Waals surface area (Å²) in [6.45, 7) is 0.830. The second-order valence-electron chi connectivity index (χ2n) is 1.83. The van der Waals surface area contributed by atoms with Crippen molar-refractivity contribution in [1.29, 1.82) is 0 Å². The molecule has 1 aliphatic heterocycles. The molecule has 1 rings (SSSR count). The molecule has 3 N–H and O–H groups in total. The molecular weight excluding hydrogens is 154 g/mol. The number of aliphatic imine (C=N–C) groups is 1. The molecule has 0 unspecified atom stereocenters. The number of hydrogen-bond acceptors (Lipinski definition) is 6. The van der Waals surface area contributed by atoms with Crippen molar-refractivity contribution in [3.8, 4) is 0 Å². The van der Waals surface area contributed by atoms with Crippen LogP contribution >= 0.6 is 0 Å². The van der Waals surface area contributed by atoms with E-state index in [9.17, 15) is 10.1 Å². The molecule has 62 valence electrons. The fourth-order valence-electron chi connectivity index (χ4n) is 0.722. The summed E-state index contributed by atoms with van der Waals surface area (Å²) in [7, 11) is 0. The highest BCUT2D eigenvalue weighted by molar-refractivity contribution is 5.79. The van der Waals surface area contributed by atoms with E-state index < -0.39 is 5.03 Å². The maximum atomic E-state index is 9.89. The average Bonchev–Trinajstić information content (AvgIpc) is 2.34. The maximum absolute atomic E-state index is 9.89. The normalized spacial score (nSPS) is 16.5. The highest BCUT2D eigenvalue weighted by atomic mass is 16.7. The van der Waals surface area contributed by atoms with Crippen LogP contribution in [0.2, 0.25) is 0 Å². The summed E-state index contributed by atoms with van der Waals surface area (Å²) >= 11 is 0. The molecule has 0 bridgehead atoms. The summed E-state index contributed by atoms with van der Waals surface area (Å²) in [5.74, 6) is 0.0116. The van der Waals surface area contributed by atoms with E-state index in [4.69, 9.17) is 5.21 Å². The van der Waals surface area contributed by atoms with Gasteiger partial charge in [0.2, 0.25) is 0 Å². The summed E-state index contributed by atoms with van der Waals surface area (Å²) in [5, 5.41) is 18.7. The van der Waals surface area contributed by atoms with E-state index in [1.807, 2.05) is 5.43 Å². The molecular formula is C3H7N5O3. The van der Waals surface area contributed by atoms with E-state index in [-0.39, 0.29) is 5.96 Å². The van der Waals surface area contributed by atoms with Gasteiger partial charge >= 0.3 is 0 Å². The van der Waals surface area contributed by atoms with Crippen molar-refractivity contribution in [1.82, 2.24) is 16.0 Å². The molecule has 0 atom stereocenters. The van der Waals surface area contributed by atoms with Crippen LogP contribution < -0.4 is 11.0 Å². The van der Waals surface area contributed by atoms with Crippen molar-refractivity contribution in [2.24, 2.45) is 4.99 Å². The van der Waals surface area contributed by atoms with Crippen molar-refractivity contribution in [3.05, 3.63) is 10.1 Å². The predicted octanol–water partition coefficient (Wildman–Crippen LogP) is -1.67. The number of guanidine groups is 1. The van der Waals surface area contributed by atoms with E-state index in [0.717, 1.165) is 5.01 Å². The molecule has 0 aromatic rings. The summed E-state index contributed by atoms with van der Waals surface area (Å²) in [6.07, 6.45) is 0. The first kappa shape index (κ1) is 7.69. The van der Waals surface area contributed by atoms with Crippen LogP contribution in [0, 0.1) is 10.1 Å². The lowest BCUT2D eigenvalue weighted by molar-refractivity contribution is -0.526. The van der Waals surface area contributed by atoms with E-state index in [0.29, 0.717) is 13.1 Å². The standard InChI is InChI=1S/C3H7N5O3/c9-6-7-2-1-4-3(7)5-8(10)11/h6,9H,1-2H2,(H,4,5). The maximum Gasteiger partial charge on any atom is 0.273 e. The Morgan fingerprint density at radius 2 is 2.55 bits per heavy atom. The minimum absolute atomic E-state index is 0.0116. The third-order valence-corrected chi connectivity index (χ3v) is 1.15. The number of nitrogens with one attached hydrogen (secondary N) is 2. The second kappa shape index (κ2) is 3.12. The second-order valence-corrected chi connectivity index (χ2v) is 1.83. The molecule has 0 saturated carbocycles. The fourth-order valence-corrected chi connectivity index (χ4v) is 0.722. The molecule has 0 amide bonds. The van der Waals surface area contributed by atoms with Crippen molar-refractivity contribution < 1.29 is 10.2 Å². The summed E-state index contributed by atoms with van der Waals surface area (Å²) in [4.78, 5) is 13.6. The third kappa shape index (κ3) is 1.75. The molecule has 0 spiro atoms. The molecule has 0 saturated heterocycles. The van der Waals surface area contributed by atoms with Gasteiger partial charge in [-0.3, -0.25) is 5.21 Å². The van der Waals surface area contributed by atoms with Gasteiger partial charge in [0.05, 0.1) is 13.1 Å². The Kier molecular flexibility index (Phi) is 2.18. The first-order valence-corrected chi connectivity index (χ1v) is 2.87. The van der Waals surface area contributed by atoms with Gasteiger partial charge in [-0.1, -0.05) is 5.43 Å². The van der Waals surface area contributed by atoms with Crippen molar-refractivity contribution in [3.63, 3.8) is 0 Å². The summed E-state index contributed by atoms with van der Waals surface area (Å²) in [5.41, 5.74) is 3.57. The lowest BCUT2D eigenvalue weighted by atomic mass is 10.7. The Bertz CT molecular complexity index is 191.